The zero-order valence-electron chi connectivity index (χ0n) is 17.9. The van der Waals surface area contributed by atoms with Crippen LogP contribution in [-0.4, -0.2) is 68.5 Å². The number of amides is 1. The molecule has 30 heavy (non-hydrogen) atoms. The first kappa shape index (κ1) is 20.9. The Balaban J connectivity index is 1.69. The van der Waals surface area contributed by atoms with Gasteiger partial charge in [0.15, 0.2) is 0 Å². The topological polar surface area (TPSA) is 64.1 Å². The number of rotatable bonds is 7. The molecule has 0 saturated carbocycles. The Labute approximate surface area is 177 Å². The number of carbonyl (C=O) groups excluding carboxylic acids is 1. The summed E-state index contributed by atoms with van der Waals surface area (Å²) in [5.41, 5.74) is 1.96. The number of anilines is 1. The van der Waals surface area contributed by atoms with Gasteiger partial charge in [-0.15, -0.1) is 0 Å². The van der Waals surface area contributed by atoms with E-state index in [1.54, 1.807) is 7.11 Å². The standard InChI is InChI=1S/C23H31N3O4/c1-3-22(27)26(16-20-5-4-10-30-20)15-18-13-17-6-7-19(28-2)14-21(17)24-23(18)25-8-11-29-12-9-25/h6-7,13-14,20H,3-5,8-12,15-16H2,1-2H3/t20-/m0/s1. The van der Waals surface area contributed by atoms with Crippen LogP contribution in [0.2, 0.25) is 0 Å². The highest BCUT2D eigenvalue weighted by Crippen LogP contribution is 2.28. The van der Waals surface area contributed by atoms with Crippen molar-refractivity contribution in [3.8, 4) is 5.75 Å². The van der Waals surface area contributed by atoms with Crippen molar-refractivity contribution in [1.82, 2.24) is 9.88 Å². The van der Waals surface area contributed by atoms with Gasteiger partial charge in [0.25, 0.3) is 0 Å². The first-order valence-corrected chi connectivity index (χ1v) is 10.9. The van der Waals surface area contributed by atoms with Crippen molar-refractivity contribution in [1.29, 1.82) is 0 Å². The van der Waals surface area contributed by atoms with Crippen LogP contribution in [0.15, 0.2) is 24.3 Å². The van der Waals surface area contributed by atoms with E-state index >= 15 is 0 Å². The maximum Gasteiger partial charge on any atom is 0.222 e. The van der Waals surface area contributed by atoms with E-state index in [-0.39, 0.29) is 12.0 Å². The molecule has 2 aliphatic heterocycles. The summed E-state index contributed by atoms with van der Waals surface area (Å²) in [4.78, 5) is 21.9. The summed E-state index contributed by atoms with van der Waals surface area (Å²) in [5, 5.41) is 1.05. The summed E-state index contributed by atoms with van der Waals surface area (Å²) < 4.78 is 16.7. The second-order valence-corrected chi connectivity index (χ2v) is 7.89. The van der Waals surface area contributed by atoms with Gasteiger partial charge in [-0.25, -0.2) is 4.98 Å². The zero-order chi connectivity index (χ0) is 20.9. The van der Waals surface area contributed by atoms with E-state index in [1.807, 2.05) is 30.0 Å². The molecule has 2 saturated heterocycles. The molecular weight excluding hydrogens is 382 g/mol. The summed E-state index contributed by atoms with van der Waals surface area (Å²) >= 11 is 0. The van der Waals surface area contributed by atoms with Crippen LogP contribution in [0.1, 0.15) is 31.7 Å². The first-order valence-electron chi connectivity index (χ1n) is 10.9. The molecule has 0 aliphatic carbocycles. The van der Waals surface area contributed by atoms with Gasteiger partial charge >= 0.3 is 0 Å². The third kappa shape index (κ3) is 4.68. The molecule has 3 heterocycles. The van der Waals surface area contributed by atoms with E-state index in [9.17, 15) is 4.79 Å². The van der Waals surface area contributed by atoms with Crippen molar-refractivity contribution in [2.75, 3.05) is 51.5 Å². The Hall–Kier alpha value is -2.38. The Kier molecular flexibility index (Phi) is 6.69. The molecule has 0 N–H and O–H groups in total. The van der Waals surface area contributed by atoms with Gasteiger partial charge < -0.3 is 24.0 Å². The molecular formula is C23H31N3O4. The van der Waals surface area contributed by atoms with Crippen molar-refractivity contribution in [2.24, 2.45) is 0 Å². The van der Waals surface area contributed by atoms with Crippen LogP contribution in [-0.2, 0) is 20.8 Å². The SMILES string of the molecule is CCC(=O)N(Cc1cc2ccc(OC)cc2nc1N1CCOCC1)C[C@@H]1CCCO1. The van der Waals surface area contributed by atoms with Crippen molar-refractivity contribution >= 4 is 22.6 Å². The largest absolute Gasteiger partial charge is 0.497 e. The van der Waals surface area contributed by atoms with E-state index in [1.165, 1.54) is 0 Å². The number of morpholine rings is 1. The number of pyridine rings is 1. The minimum absolute atomic E-state index is 0.130. The molecule has 1 aromatic carbocycles. The summed E-state index contributed by atoms with van der Waals surface area (Å²) in [7, 11) is 1.66. The lowest BCUT2D eigenvalue weighted by molar-refractivity contribution is -0.133. The predicted octanol–water partition coefficient (Wildman–Crippen LogP) is 3.00. The summed E-state index contributed by atoms with van der Waals surface area (Å²) in [6, 6.07) is 8.10. The summed E-state index contributed by atoms with van der Waals surface area (Å²) in [6.07, 6.45) is 2.69. The number of carbonyl (C=O) groups is 1. The second-order valence-electron chi connectivity index (χ2n) is 7.89. The fraction of sp³-hybridized carbons (Fsp3) is 0.565. The smallest absolute Gasteiger partial charge is 0.222 e. The molecule has 1 aromatic heterocycles. The van der Waals surface area contributed by atoms with Crippen LogP contribution in [0.25, 0.3) is 10.9 Å². The Bertz CT molecular complexity index is 876. The number of benzene rings is 1. The lowest BCUT2D eigenvalue weighted by atomic mass is 10.1. The van der Waals surface area contributed by atoms with Gasteiger partial charge in [-0.1, -0.05) is 6.92 Å². The molecule has 0 bridgehead atoms. The number of fused-ring (bicyclic) bond motifs is 1. The van der Waals surface area contributed by atoms with Crippen LogP contribution >= 0.6 is 0 Å². The Morgan fingerprint density at radius 2 is 2.10 bits per heavy atom. The fourth-order valence-electron chi connectivity index (χ4n) is 4.19. The number of aromatic nitrogens is 1. The van der Waals surface area contributed by atoms with Gasteiger partial charge in [0, 0.05) is 56.2 Å². The average molecular weight is 414 g/mol. The molecule has 1 amide bonds. The van der Waals surface area contributed by atoms with Crippen LogP contribution < -0.4 is 9.64 Å². The normalized spacial score (nSPS) is 19.3. The third-order valence-electron chi connectivity index (χ3n) is 5.86. The summed E-state index contributed by atoms with van der Waals surface area (Å²) in [6.45, 7) is 6.83. The van der Waals surface area contributed by atoms with E-state index in [4.69, 9.17) is 19.2 Å². The number of hydrogen-bond acceptors (Lipinski definition) is 6. The Morgan fingerprint density at radius 1 is 1.27 bits per heavy atom. The first-order chi connectivity index (χ1) is 14.7. The lowest BCUT2D eigenvalue weighted by Gasteiger charge is -2.32. The molecule has 2 fully saturated rings. The molecule has 4 rings (SSSR count). The van der Waals surface area contributed by atoms with Gasteiger partial charge in [-0.2, -0.15) is 0 Å². The predicted molar refractivity (Wildman–Crippen MR) is 116 cm³/mol. The quantitative estimate of drug-likeness (QED) is 0.695. The molecule has 0 radical (unpaired) electrons. The van der Waals surface area contributed by atoms with E-state index in [0.717, 1.165) is 60.6 Å². The van der Waals surface area contributed by atoms with E-state index < -0.39 is 0 Å². The second kappa shape index (κ2) is 9.62. The molecule has 0 spiro atoms. The fourth-order valence-corrected chi connectivity index (χ4v) is 4.19. The monoisotopic (exact) mass is 413 g/mol. The molecule has 162 valence electrons. The number of nitrogens with zero attached hydrogens (tertiary/aromatic N) is 3. The zero-order valence-corrected chi connectivity index (χ0v) is 17.9. The number of methoxy groups -OCH3 is 1. The minimum atomic E-state index is 0.130. The van der Waals surface area contributed by atoms with Crippen molar-refractivity contribution in [3.05, 3.63) is 29.8 Å². The highest BCUT2D eigenvalue weighted by molar-refractivity contribution is 5.84. The maximum atomic E-state index is 12.7. The van der Waals surface area contributed by atoms with Crippen LogP contribution in [0.3, 0.4) is 0 Å². The molecule has 2 aromatic rings. The molecule has 7 heteroatoms. The maximum absolute atomic E-state index is 12.7. The van der Waals surface area contributed by atoms with E-state index in [2.05, 4.69) is 11.0 Å². The van der Waals surface area contributed by atoms with Crippen molar-refractivity contribution in [2.45, 2.75) is 38.8 Å². The van der Waals surface area contributed by atoms with Gasteiger partial charge in [0.05, 0.1) is 31.9 Å². The van der Waals surface area contributed by atoms with Gasteiger partial charge in [0.1, 0.15) is 11.6 Å². The van der Waals surface area contributed by atoms with Crippen LogP contribution in [0.5, 0.6) is 5.75 Å². The molecule has 0 unspecified atom stereocenters. The third-order valence-corrected chi connectivity index (χ3v) is 5.86. The highest BCUT2D eigenvalue weighted by atomic mass is 16.5. The number of ether oxygens (including phenoxy) is 3. The minimum Gasteiger partial charge on any atom is -0.497 e. The van der Waals surface area contributed by atoms with Crippen molar-refractivity contribution < 1.29 is 19.0 Å². The molecule has 1 atom stereocenters. The van der Waals surface area contributed by atoms with Gasteiger partial charge in [-0.05, 0) is 31.0 Å². The van der Waals surface area contributed by atoms with Crippen LogP contribution in [0, 0.1) is 0 Å². The van der Waals surface area contributed by atoms with E-state index in [0.29, 0.717) is 32.7 Å². The number of hydrogen-bond donors (Lipinski definition) is 0. The van der Waals surface area contributed by atoms with Gasteiger partial charge in [0.2, 0.25) is 5.91 Å². The summed E-state index contributed by atoms with van der Waals surface area (Å²) in [5.74, 6) is 1.87. The lowest BCUT2D eigenvalue weighted by Crippen LogP contribution is -2.39. The Morgan fingerprint density at radius 3 is 2.80 bits per heavy atom. The highest BCUT2D eigenvalue weighted by Gasteiger charge is 2.25. The average Bonchev–Trinajstić information content (AvgIpc) is 3.31. The van der Waals surface area contributed by atoms with Crippen molar-refractivity contribution in [3.63, 3.8) is 0 Å². The molecule has 7 nitrogen and oxygen atoms in total. The van der Waals surface area contributed by atoms with Crippen LogP contribution in [0.4, 0.5) is 5.82 Å². The molecule has 2 aliphatic rings. The van der Waals surface area contributed by atoms with Gasteiger partial charge in [-0.3, -0.25) is 4.79 Å².